The molecule has 1 saturated heterocycles. The van der Waals surface area contributed by atoms with Gasteiger partial charge in [-0.25, -0.2) is 8.42 Å². The second-order valence-electron chi connectivity index (χ2n) is 5.55. The molecule has 0 bridgehead atoms. The van der Waals surface area contributed by atoms with Crippen molar-refractivity contribution in [1.29, 1.82) is 0 Å². The first-order valence-corrected chi connectivity index (χ1v) is 8.83. The molecule has 0 unspecified atom stereocenters. The Hall–Kier alpha value is -1.97. The van der Waals surface area contributed by atoms with Crippen LogP contribution in [-0.2, 0) is 19.6 Å². The summed E-state index contributed by atoms with van der Waals surface area (Å²) in [5.74, 6) is -1.69. The second-order valence-corrected chi connectivity index (χ2v) is 7.46. The van der Waals surface area contributed by atoms with Crippen LogP contribution in [0, 0.1) is 6.92 Å². The number of nitrogens with zero attached hydrogens (tertiary/aromatic N) is 2. The molecule has 0 spiro atoms. The third-order valence-electron chi connectivity index (χ3n) is 3.74. The number of carbonyl (C=O) groups is 2. The summed E-state index contributed by atoms with van der Waals surface area (Å²) in [5.41, 5.74) is 0.662. The number of aryl methyl sites for hydroxylation is 1. The third-order valence-corrected chi connectivity index (χ3v) is 5.78. The van der Waals surface area contributed by atoms with E-state index >= 15 is 0 Å². The fourth-order valence-corrected chi connectivity index (χ4v) is 4.09. The number of amides is 1. The van der Waals surface area contributed by atoms with Crippen molar-refractivity contribution in [2.75, 3.05) is 39.9 Å². The van der Waals surface area contributed by atoms with Gasteiger partial charge in [0, 0.05) is 25.7 Å². The van der Waals surface area contributed by atoms with Crippen molar-refractivity contribution in [3.8, 4) is 0 Å². The molecule has 1 N–H and O–H groups in total. The summed E-state index contributed by atoms with van der Waals surface area (Å²) in [4.78, 5) is 24.1. The van der Waals surface area contributed by atoms with Gasteiger partial charge in [-0.1, -0.05) is 6.07 Å². The van der Waals surface area contributed by atoms with Crippen LogP contribution in [0.4, 0.5) is 0 Å². The van der Waals surface area contributed by atoms with Gasteiger partial charge in [-0.15, -0.1) is 0 Å². The Labute approximate surface area is 140 Å². The summed E-state index contributed by atoms with van der Waals surface area (Å²) in [6, 6.07) is 4.35. The maximum absolute atomic E-state index is 12.8. The summed E-state index contributed by atoms with van der Waals surface area (Å²) in [7, 11) is -2.38. The Morgan fingerprint density at radius 1 is 1.29 bits per heavy atom. The zero-order valence-electron chi connectivity index (χ0n) is 13.6. The van der Waals surface area contributed by atoms with Crippen molar-refractivity contribution in [3.63, 3.8) is 0 Å². The topological polar surface area (TPSA) is 104 Å². The van der Waals surface area contributed by atoms with E-state index in [1.165, 1.54) is 23.5 Å². The van der Waals surface area contributed by atoms with Gasteiger partial charge in [0.15, 0.2) is 0 Å². The molecule has 1 aromatic rings. The Balaban J connectivity index is 2.34. The first-order chi connectivity index (χ1) is 11.2. The quantitative estimate of drug-likeness (QED) is 0.807. The van der Waals surface area contributed by atoms with E-state index in [1.54, 1.807) is 13.0 Å². The lowest BCUT2D eigenvalue weighted by Gasteiger charge is -2.27. The molecule has 0 aliphatic carbocycles. The molecule has 1 heterocycles. The largest absolute Gasteiger partial charge is 0.480 e. The first kappa shape index (κ1) is 18.4. The van der Waals surface area contributed by atoms with E-state index in [0.717, 1.165) is 4.90 Å². The van der Waals surface area contributed by atoms with Gasteiger partial charge in [0.1, 0.15) is 6.54 Å². The number of carboxylic acids is 1. The van der Waals surface area contributed by atoms with Gasteiger partial charge in [0.05, 0.1) is 18.1 Å². The zero-order valence-corrected chi connectivity index (χ0v) is 14.4. The fourth-order valence-electron chi connectivity index (χ4n) is 2.43. The van der Waals surface area contributed by atoms with E-state index in [0.29, 0.717) is 18.8 Å². The summed E-state index contributed by atoms with van der Waals surface area (Å²) < 4.78 is 32.1. The predicted octanol–water partition coefficient (Wildman–Crippen LogP) is 0.173. The monoisotopic (exact) mass is 356 g/mol. The van der Waals surface area contributed by atoms with Gasteiger partial charge in [-0.05, 0) is 24.6 Å². The van der Waals surface area contributed by atoms with Gasteiger partial charge in [0.2, 0.25) is 10.0 Å². The molecule has 1 aliphatic rings. The predicted molar refractivity (Wildman–Crippen MR) is 85.4 cm³/mol. The number of benzene rings is 1. The molecule has 0 aromatic heterocycles. The SMILES string of the molecule is Cc1ccc(C(=O)N(C)CC(=O)O)cc1S(=O)(=O)N1CCOCC1. The molecule has 0 radical (unpaired) electrons. The maximum atomic E-state index is 12.8. The van der Waals surface area contributed by atoms with E-state index in [-0.39, 0.29) is 23.5 Å². The molecule has 1 fully saturated rings. The third kappa shape index (κ3) is 3.92. The van der Waals surface area contributed by atoms with Crippen LogP contribution >= 0.6 is 0 Å². The first-order valence-electron chi connectivity index (χ1n) is 7.39. The molecule has 0 saturated carbocycles. The van der Waals surface area contributed by atoms with Gasteiger partial charge < -0.3 is 14.7 Å². The van der Waals surface area contributed by atoms with Crippen LogP contribution < -0.4 is 0 Å². The highest BCUT2D eigenvalue weighted by molar-refractivity contribution is 7.89. The van der Waals surface area contributed by atoms with Crippen LogP contribution in [0.1, 0.15) is 15.9 Å². The Morgan fingerprint density at radius 3 is 2.50 bits per heavy atom. The minimum absolute atomic E-state index is 0.0546. The second kappa shape index (κ2) is 7.29. The van der Waals surface area contributed by atoms with Crippen molar-refractivity contribution >= 4 is 21.9 Å². The minimum Gasteiger partial charge on any atom is -0.480 e. The van der Waals surface area contributed by atoms with Crippen molar-refractivity contribution in [2.45, 2.75) is 11.8 Å². The van der Waals surface area contributed by atoms with E-state index in [2.05, 4.69) is 0 Å². The Kier molecular flexibility index (Phi) is 5.58. The van der Waals surface area contributed by atoms with Crippen LogP contribution in [0.3, 0.4) is 0 Å². The maximum Gasteiger partial charge on any atom is 0.323 e. The number of morpholine rings is 1. The molecular weight excluding hydrogens is 336 g/mol. The molecule has 132 valence electrons. The molecule has 0 atom stereocenters. The van der Waals surface area contributed by atoms with E-state index < -0.39 is 28.4 Å². The molecule has 8 nitrogen and oxygen atoms in total. The Morgan fingerprint density at radius 2 is 1.92 bits per heavy atom. The molecule has 24 heavy (non-hydrogen) atoms. The highest BCUT2D eigenvalue weighted by Gasteiger charge is 2.28. The van der Waals surface area contributed by atoms with Crippen LogP contribution in [0.15, 0.2) is 23.1 Å². The number of aliphatic carboxylic acids is 1. The van der Waals surface area contributed by atoms with Crippen LogP contribution in [0.5, 0.6) is 0 Å². The molecule has 2 rings (SSSR count). The van der Waals surface area contributed by atoms with E-state index in [1.807, 2.05) is 0 Å². The lowest BCUT2D eigenvalue weighted by atomic mass is 10.1. The van der Waals surface area contributed by atoms with Crippen molar-refractivity contribution in [1.82, 2.24) is 9.21 Å². The van der Waals surface area contributed by atoms with Crippen molar-refractivity contribution in [3.05, 3.63) is 29.3 Å². The molecule has 1 aliphatic heterocycles. The van der Waals surface area contributed by atoms with Crippen LogP contribution in [0.25, 0.3) is 0 Å². The molecule has 1 aromatic carbocycles. The van der Waals surface area contributed by atoms with E-state index in [4.69, 9.17) is 9.84 Å². The standard InChI is InChI=1S/C15H20N2O6S/c1-11-3-4-12(15(20)16(2)10-14(18)19)9-13(11)24(21,22)17-5-7-23-8-6-17/h3-4,9H,5-8,10H2,1-2H3,(H,18,19). The van der Waals surface area contributed by atoms with Gasteiger partial charge in [-0.2, -0.15) is 4.31 Å². The van der Waals surface area contributed by atoms with Crippen LogP contribution in [0.2, 0.25) is 0 Å². The number of carboxylic acid groups (broad SMARTS) is 1. The highest BCUT2D eigenvalue weighted by Crippen LogP contribution is 2.22. The number of ether oxygens (including phenoxy) is 1. The number of sulfonamides is 1. The smallest absolute Gasteiger partial charge is 0.323 e. The highest BCUT2D eigenvalue weighted by atomic mass is 32.2. The van der Waals surface area contributed by atoms with Crippen molar-refractivity contribution in [2.24, 2.45) is 0 Å². The van der Waals surface area contributed by atoms with E-state index in [9.17, 15) is 18.0 Å². The normalized spacial score (nSPS) is 15.9. The molecule has 9 heteroatoms. The zero-order chi connectivity index (χ0) is 17.9. The van der Waals surface area contributed by atoms with Crippen molar-refractivity contribution < 1.29 is 27.9 Å². The number of rotatable bonds is 5. The lowest BCUT2D eigenvalue weighted by molar-refractivity contribution is -0.137. The van der Waals surface area contributed by atoms with Gasteiger partial charge in [0.25, 0.3) is 5.91 Å². The Bertz CT molecular complexity index is 740. The molecular formula is C15H20N2O6S. The van der Waals surface area contributed by atoms with Gasteiger partial charge in [-0.3, -0.25) is 9.59 Å². The summed E-state index contributed by atoms with van der Waals surface area (Å²) in [5, 5.41) is 8.77. The minimum atomic E-state index is -3.73. The average Bonchev–Trinajstić information content (AvgIpc) is 2.54. The summed E-state index contributed by atoms with van der Waals surface area (Å²) >= 11 is 0. The average molecular weight is 356 g/mol. The number of likely N-dealkylation sites (N-methyl/N-ethyl adjacent to an activating group) is 1. The molecule has 1 amide bonds. The number of hydrogen-bond acceptors (Lipinski definition) is 5. The summed E-state index contributed by atoms with van der Waals surface area (Å²) in [6.45, 7) is 2.38. The number of hydrogen-bond donors (Lipinski definition) is 1. The van der Waals surface area contributed by atoms with Crippen LogP contribution in [-0.4, -0.2) is 74.5 Å². The van der Waals surface area contributed by atoms with Gasteiger partial charge >= 0.3 is 5.97 Å². The lowest BCUT2D eigenvalue weighted by Crippen LogP contribution is -2.41. The number of carbonyl (C=O) groups excluding carboxylic acids is 1. The fraction of sp³-hybridized carbons (Fsp3) is 0.467. The summed E-state index contributed by atoms with van der Waals surface area (Å²) in [6.07, 6.45) is 0.